The summed E-state index contributed by atoms with van der Waals surface area (Å²) in [4.78, 5) is 25.1. The van der Waals surface area contributed by atoms with E-state index in [-0.39, 0.29) is 24.9 Å². The Kier molecular flexibility index (Phi) is 5.90. The Labute approximate surface area is 176 Å². The van der Waals surface area contributed by atoms with Crippen LogP contribution in [-0.4, -0.2) is 41.7 Å². The Morgan fingerprint density at radius 3 is 2.21 bits per heavy atom. The molecule has 29 heavy (non-hydrogen) atoms. The maximum absolute atomic E-state index is 12.4. The largest absolute Gasteiger partial charge is 0.361 e. The van der Waals surface area contributed by atoms with Gasteiger partial charge in [0.1, 0.15) is 13.2 Å². The van der Waals surface area contributed by atoms with Gasteiger partial charge in [-0.2, -0.15) is 4.89 Å². The van der Waals surface area contributed by atoms with Gasteiger partial charge >= 0.3 is 5.97 Å². The van der Waals surface area contributed by atoms with Crippen molar-refractivity contribution in [1.29, 1.82) is 0 Å². The Morgan fingerprint density at radius 1 is 1.00 bits per heavy atom. The summed E-state index contributed by atoms with van der Waals surface area (Å²) < 4.78 is 1.99. The number of benzene rings is 2. The number of hydrogen-bond acceptors (Lipinski definition) is 4. The molecule has 0 atom stereocenters. The summed E-state index contributed by atoms with van der Waals surface area (Å²) in [5.41, 5.74) is 3.47. The predicted molar refractivity (Wildman–Crippen MR) is 116 cm³/mol. The smallest absolute Gasteiger partial charge is 0.329 e. The zero-order valence-corrected chi connectivity index (χ0v) is 17.1. The van der Waals surface area contributed by atoms with Crippen LogP contribution in [0.25, 0.3) is 21.8 Å². The molecule has 0 aliphatic carbocycles. The molecule has 3 fully saturated rings. The predicted octanol–water partition coefficient (Wildman–Crippen LogP) is 4.34. The first-order valence-electron chi connectivity index (χ1n) is 9.99. The van der Waals surface area contributed by atoms with Crippen molar-refractivity contribution in [3.8, 4) is 0 Å². The summed E-state index contributed by atoms with van der Waals surface area (Å²) in [5.74, 6) is 0.292. The van der Waals surface area contributed by atoms with Gasteiger partial charge in [0.05, 0.1) is 0 Å². The normalized spacial score (nSPS) is 22.1. The maximum Gasteiger partial charge on any atom is 0.361 e. The molecular weight excluding hydrogens is 388 g/mol. The third-order valence-electron chi connectivity index (χ3n) is 6.05. The summed E-state index contributed by atoms with van der Waals surface area (Å²) in [6.45, 7) is 3.89. The molecule has 3 aromatic rings. The van der Waals surface area contributed by atoms with Crippen molar-refractivity contribution in [3.05, 3.63) is 60.2 Å². The van der Waals surface area contributed by atoms with Gasteiger partial charge in [-0.05, 0) is 44.0 Å². The lowest BCUT2D eigenvalue weighted by molar-refractivity contribution is -0.266. The van der Waals surface area contributed by atoms with Crippen molar-refractivity contribution in [2.75, 3.05) is 26.2 Å². The van der Waals surface area contributed by atoms with Gasteiger partial charge in [0.2, 0.25) is 0 Å². The molecule has 6 heteroatoms. The molecule has 0 unspecified atom stereocenters. The Balaban J connectivity index is 0.00000205. The fraction of sp³-hybridized carbons (Fsp3) is 0.348. The minimum atomic E-state index is -0.390. The van der Waals surface area contributed by atoms with Gasteiger partial charge in [0, 0.05) is 28.4 Å². The van der Waals surface area contributed by atoms with Crippen molar-refractivity contribution in [2.45, 2.75) is 19.4 Å². The van der Waals surface area contributed by atoms with Crippen molar-refractivity contribution in [1.82, 2.24) is 9.47 Å². The van der Waals surface area contributed by atoms with E-state index in [1.807, 2.05) is 41.0 Å². The molecular formula is C23H25ClN2O3. The van der Waals surface area contributed by atoms with E-state index in [0.717, 1.165) is 28.4 Å². The molecule has 1 aromatic heterocycles. The molecule has 2 aromatic carbocycles. The van der Waals surface area contributed by atoms with E-state index in [1.54, 1.807) is 0 Å². The highest BCUT2D eigenvalue weighted by molar-refractivity contribution is 6.08. The third-order valence-corrected chi connectivity index (χ3v) is 6.05. The number of piperidine rings is 3. The number of halogens is 1. The first-order valence-corrected chi connectivity index (χ1v) is 9.99. The molecule has 0 spiro atoms. The van der Waals surface area contributed by atoms with Gasteiger partial charge in [-0.1, -0.05) is 48.0 Å². The first kappa shape index (κ1) is 20.0. The Morgan fingerprint density at radius 2 is 1.62 bits per heavy atom. The van der Waals surface area contributed by atoms with Crippen LogP contribution >= 0.6 is 12.4 Å². The minimum absolute atomic E-state index is 0. The van der Waals surface area contributed by atoms with E-state index in [0.29, 0.717) is 12.5 Å². The molecule has 3 aliphatic heterocycles. The van der Waals surface area contributed by atoms with Crippen LogP contribution in [-0.2, 0) is 21.1 Å². The zero-order chi connectivity index (χ0) is 18.9. The van der Waals surface area contributed by atoms with Gasteiger partial charge in [-0.25, -0.2) is 4.79 Å². The monoisotopic (exact) mass is 412 g/mol. The van der Waals surface area contributed by atoms with Gasteiger partial charge in [-0.3, -0.25) is 9.79 Å². The van der Waals surface area contributed by atoms with E-state index in [2.05, 4.69) is 23.1 Å². The second-order valence-electron chi connectivity index (χ2n) is 7.69. The molecule has 0 N–H and O–H groups in total. The highest BCUT2D eigenvalue weighted by Gasteiger charge is 2.29. The van der Waals surface area contributed by atoms with Gasteiger partial charge in [0.15, 0.2) is 0 Å². The fourth-order valence-corrected chi connectivity index (χ4v) is 4.65. The van der Waals surface area contributed by atoms with Gasteiger partial charge in [-0.15, -0.1) is 12.4 Å². The lowest BCUT2D eigenvalue weighted by Crippen LogP contribution is -2.43. The lowest BCUT2D eigenvalue weighted by atomic mass is 9.84. The van der Waals surface area contributed by atoms with E-state index in [4.69, 9.17) is 9.78 Å². The van der Waals surface area contributed by atoms with Crippen LogP contribution in [0.3, 0.4) is 0 Å². The van der Waals surface area contributed by atoms with Crippen LogP contribution in [0.15, 0.2) is 60.2 Å². The Bertz CT molecular complexity index is 997. The van der Waals surface area contributed by atoms with Crippen LogP contribution in [0.1, 0.15) is 12.8 Å². The highest BCUT2D eigenvalue weighted by atomic mass is 35.5. The molecule has 0 saturated carbocycles. The van der Waals surface area contributed by atoms with Crippen molar-refractivity contribution in [2.24, 2.45) is 5.92 Å². The van der Waals surface area contributed by atoms with Crippen LogP contribution in [0, 0.1) is 5.92 Å². The van der Waals surface area contributed by atoms with Crippen molar-refractivity contribution < 1.29 is 14.6 Å². The lowest BCUT2D eigenvalue weighted by Gasteiger charge is -2.41. The molecule has 3 saturated heterocycles. The van der Waals surface area contributed by atoms with E-state index >= 15 is 0 Å². The molecule has 6 rings (SSSR count). The number of fused-ring (bicyclic) bond motifs is 6. The summed E-state index contributed by atoms with van der Waals surface area (Å²) in [5, 5.41) is 2.28. The number of hydrogen-bond donors (Lipinski definition) is 0. The van der Waals surface area contributed by atoms with E-state index in [1.165, 1.54) is 31.5 Å². The number of nitrogens with zero attached hydrogens (tertiary/aromatic N) is 2. The van der Waals surface area contributed by atoms with Gasteiger partial charge in [0.25, 0.3) is 0 Å². The van der Waals surface area contributed by atoms with Crippen molar-refractivity contribution >= 4 is 40.2 Å². The standard InChI is InChI=1S/C23H24N2O3.ClH/c26-23(28-27-14-11-18-15-24-12-9-17(18)10-13-24)16-25-21-7-3-1-5-19(21)20-6-2-4-8-22(20)25;/h1-8,11,17H,9-10,12-16H2;1H. The van der Waals surface area contributed by atoms with E-state index in [9.17, 15) is 4.79 Å². The van der Waals surface area contributed by atoms with Crippen LogP contribution < -0.4 is 0 Å². The van der Waals surface area contributed by atoms with Gasteiger partial charge < -0.3 is 4.57 Å². The molecule has 152 valence electrons. The minimum Gasteiger partial charge on any atom is -0.329 e. The van der Waals surface area contributed by atoms with Crippen LogP contribution in [0.4, 0.5) is 0 Å². The van der Waals surface area contributed by atoms with Crippen molar-refractivity contribution in [3.63, 3.8) is 0 Å². The third kappa shape index (κ3) is 3.90. The fourth-order valence-electron chi connectivity index (χ4n) is 4.65. The maximum atomic E-state index is 12.4. The molecule has 0 amide bonds. The number of carbonyl (C=O) groups is 1. The van der Waals surface area contributed by atoms with Crippen LogP contribution in [0.5, 0.6) is 0 Å². The average molecular weight is 413 g/mol. The van der Waals surface area contributed by atoms with Crippen LogP contribution in [0.2, 0.25) is 0 Å². The number of para-hydroxylation sites is 2. The highest BCUT2D eigenvalue weighted by Crippen LogP contribution is 2.31. The average Bonchev–Trinajstić information content (AvgIpc) is 3.06. The summed E-state index contributed by atoms with van der Waals surface area (Å²) in [6.07, 6.45) is 4.56. The molecule has 4 heterocycles. The topological polar surface area (TPSA) is 43.7 Å². The summed E-state index contributed by atoms with van der Waals surface area (Å²) in [6, 6.07) is 16.2. The second kappa shape index (κ2) is 8.57. The number of carbonyl (C=O) groups excluding carboxylic acids is 1. The quantitative estimate of drug-likeness (QED) is 0.270. The Hall–Kier alpha value is -2.34. The molecule has 0 radical (unpaired) electrons. The number of aromatic nitrogens is 1. The zero-order valence-electron chi connectivity index (χ0n) is 16.3. The molecule has 2 bridgehead atoms. The summed E-state index contributed by atoms with van der Waals surface area (Å²) in [7, 11) is 0. The molecule has 3 aliphatic rings. The first-order chi connectivity index (χ1) is 13.8. The second-order valence-corrected chi connectivity index (χ2v) is 7.69. The number of rotatable bonds is 5. The van der Waals surface area contributed by atoms with E-state index < -0.39 is 0 Å². The SMILES string of the molecule is Cl.O=C(Cn1c2ccccc2c2ccccc21)OOCC=C1CN2CCC1CC2. The molecule has 5 nitrogen and oxygen atoms in total. The summed E-state index contributed by atoms with van der Waals surface area (Å²) >= 11 is 0.